The van der Waals surface area contributed by atoms with Crippen LogP contribution in [0.25, 0.3) is 0 Å². The lowest BCUT2D eigenvalue weighted by molar-refractivity contribution is 1.07. The predicted octanol–water partition coefficient (Wildman–Crippen LogP) is 1.88. The lowest BCUT2D eigenvalue weighted by Gasteiger charge is -2.12. The van der Waals surface area contributed by atoms with Gasteiger partial charge in [-0.15, -0.1) is 6.58 Å². The van der Waals surface area contributed by atoms with Gasteiger partial charge in [0.1, 0.15) is 0 Å². The number of allylic oxidation sites excluding steroid dienone is 1. The minimum Gasteiger partial charge on any atom is -0.378 e. The van der Waals surface area contributed by atoms with Gasteiger partial charge in [0.05, 0.1) is 0 Å². The lowest BCUT2D eigenvalue weighted by atomic mass is 10.2. The molecule has 0 N–H and O–H groups in total. The summed E-state index contributed by atoms with van der Waals surface area (Å²) in [5.41, 5.74) is 2.25. The average molecular weight is 162 g/mol. The third kappa shape index (κ3) is 2.09. The van der Waals surface area contributed by atoms with E-state index in [-0.39, 0.29) is 0 Å². The standard InChI is InChI=1S/C10H14N2/c1-4-5-9-8-10(12(2)3)6-7-11-9/h4,6-8H,1,5H2,2-3H3. The van der Waals surface area contributed by atoms with E-state index in [9.17, 15) is 0 Å². The maximum Gasteiger partial charge on any atom is 0.0461 e. The molecular weight excluding hydrogens is 148 g/mol. The van der Waals surface area contributed by atoms with E-state index in [1.54, 1.807) is 0 Å². The number of pyridine rings is 1. The van der Waals surface area contributed by atoms with E-state index in [1.807, 2.05) is 32.4 Å². The van der Waals surface area contributed by atoms with Gasteiger partial charge in [0.25, 0.3) is 0 Å². The summed E-state index contributed by atoms with van der Waals surface area (Å²) in [6, 6.07) is 4.06. The summed E-state index contributed by atoms with van der Waals surface area (Å²) >= 11 is 0. The van der Waals surface area contributed by atoms with Crippen molar-refractivity contribution in [2.75, 3.05) is 19.0 Å². The van der Waals surface area contributed by atoms with Gasteiger partial charge in [-0.25, -0.2) is 0 Å². The molecule has 0 aliphatic rings. The van der Waals surface area contributed by atoms with Gasteiger partial charge in [-0.1, -0.05) is 6.08 Å². The summed E-state index contributed by atoms with van der Waals surface area (Å²) in [7, 11) is 4.04. The van der Waals surface area contributed by atoms with Crippen molar-refractivity contribution in [3.05, 3.63) is 36.7 Å². The van der Waals surface area contributed by atoms with Crippen LogP contribution in [0.4, 0.5) is 5.69 Å². The van der Waals surface area contributed by atoms with E-state index in [4.69, 9.17) is 0 Å². The van der Waals surface area contributed by atoms with Crippen LogP contribution in [0, 0.1) is 0 Å². The Labute approximate surface area is 73.5 Å². The van der Waals surface area contributed by atoms with Crippen molar-refractivity contribution in [2.45, 2.75) is 6.42 Å². The molecule has 12 heavy (non-hydrogen) atoms. The molecule has 2 heteroatoms. The SMILES string of the molecule is C=CCc1cc(N(C)C)ccn1. The van der Waals surface area contributed by atoms with Crippen LogP contribution in [0.2, 0.25) is 0 Å². The van der Waals surface area contributed by atoms with Crippen LogP contribution in [0.1, 0.15) is 5.69 Å². The van der Waals surface area contributed by atoms with Crippen molar-refractivity contribution < 1.29 is 0 Å². The summed E-state index contributed by atoms with van der Waals surface area (Å²) in [6.07, 6.45) is 4.53. The van der Waals surface area contributed by atoms with Crippen molar-refractivity contribution in [1.82, 2.24) is 4.98 Å². The summed E-state index contributed by atoms with van der Waals surface area (Å²) in [6.45, 7) is 3.68. The maximum absolute atomic E-state index is 4.21. The highest BCUT2D eigenvalue weighted by Gasteiger charge is 1.96. The Hall–Kier alpha value is -1.31. The number of aromatic nitrogens is 1. The summed E-state index contributed by atoms with van der Waals surface area (Å²) in [4.78, 5) is 6.28. The molecule has 2 nitrogen and oxygen atoms in total. The Morgan fingerprint density at radius 1 is 1.58 bits per heavy atom. The Morgan fingerprint density at radius 3 is 2.92 bits per heavy atom. The number of hydrogen-bond acceptors (Lipinski definition) is 2. The molecule has 1 aromatic heterocycles. The summed E-state index contributed by atoms with van der Waals surface area (Å²) < 4.78 is 0. The number of nitrogens with zero attached hydrogens (tertiary/aromatic N) is 2. The molecule has 0 amide bonds. The van der Waals surface area contributed by atoms with Gasteiger partial charge in [0.15, 0.2) is 0 Å². The van der Waals surface area contributed by atoms with Crippen molar-refractivity contribution >= 4 is 5.69 Å². The molecule has 1 rings (SSSR count). The Kier molecular flexibility index (Phi) is 2.86. The van der Waals surface area contributed by atoms with E-state index < -0.39 is 0 Å². The van der Waals surface area contributed by atoms with Crippen LogP contribution >= 0.6 is 0 Å². The van der Waals surface area contributed by atoms with Gasteiger partial charge >= 0.3 is 0 Å². The summed E-state index contributed by atoms with van der Waals surface area (Å²) in [5.74, 6) is 0. The van der Waals surface area contributed by atoms with Crippen LogP contribution in [0.15, 0.2) is 31.0 Å². The second-order valence-electron chi connectivity index (χ2n) is 2.89. The van der Waals surface area contributed by atoms with Crippen LogP contribution in [-0.2, 0) is 6.42 Å². The third-order valence-electron chi connectivity index (χ3n) is 1.67. The predicted molar refractivity (Wildman–Crippen MR) is 52.5 cm³/mol. The fraction of sp³-hybridized carbons (Fsp3) is 0.300. The maximum atomic E-state index is 4.21. The van der Waals surface area contributed by atoms with Crippen LogP contribution < -0.4 is 4.90 Å². The molecule has 0 fully saturated rings. The van der Waals surface area contributed by atoms with E-state index in [0.717, 1.165) is 12.1 Å². The van der Waals surface area contributed by atoms with Crippen LogP contribution in [0.3, 0.4) is 0 Å². The molecule has 0 aliphatic carbocycles. The number of anilines is 1. The van der Waals surface area contributed by atoms with E-state index in [2.05, 4.69) is 22.5 Å². The zero-order valence-electron chi connectivity index (χ0n) is 7.62. The van der Waals surface area contributed by atoms with Gasteiger partial charge in [0, 0.05) is 38.1 Å². The smallest absolute Gasteiger partial charge is 0.0461 e. The first-order valence-corrected chi connectivity index (χ1v) is 3.97. The van der Waals surface area contributed by atoms with Gasteiger partial charge in [-0.2, -0.15) is 0 Å². The van der Waals surface area contributed by atoms with E-state index >= 15 is 0 Å². The topological polar surface area (TPSA) is 16.1 Å². The quantitative estimate of drug-likeness (QED) is 0.631. The van der Waals surface area contributed by atoms with Crippen molar-refractivity contribution in [2.24, 2.45) is 0 Å². The van der Waals surface area contributed by atoms with Crippen LogP contribution in [-0.4, -0.2) is 19.1 Å². The summed E-state index contributed by atoms with van der Waals surface area (Å²) in [5, 5.41) is 0. The van der Waals surface area contributed by atoms with Crippen molar-refractivity contribution in [3.8, 4) is 0 Å². The molecule has 0 aliphatic heterocycles. The van der Waals surface area contributed by atoms with Crippen molar-refractivity contribution in [3.63, 3.8) is 0 Å². The highest BCUT2D eigenvalue weighted by molar-refractivity contribution is 5.44. The number of hydrogen-bond donors (Lipinski definition) is 0. The van der Waals surface area contributed by atoms with E-state index in [0.29, 0.717) is 0 Å². The molecular formula is C10H14N2. The zero-order valence-corrected chi connectivity index (χ0v) is 7.62. The second kappa shape index (κ2) is 3.90. The zero-order chi connectivity index (χ0) is 8.97. The highest BCUT2D eigenvalue weighted by Crippen LogP contribution is 2.11. The van der Waals surface area contributed by atoms with Crippen LogP contribution in [0.5, 0.6) is 0 Å². The number of rotatable bonds is 3. The molecule has 0 aromatic carbocycles. The molecule has 1 aromatic rings. The molecule has 0 atom stereocenters. The van der Waals surface area contributed by atoms with E-state index in [1.165, 1.54) is 5.69 Å². The minimum atomic E-state index is 0.835. The Morgan fingerprint density at radius 2 is 2.33 bits per heavy atom. The van der Waals surface area contributed by atoms with Crippen molar-refractivity contribution in [1.29, 1.82) is 0 Å². The monoisotopic (exact) mass is 162 g/mol. The van der Waals surface area contributed by atoms with Gasteiger partial charge in [-0.05, 0) is 12.1 Å². The average Bonchev–Trinajstić information content (AvgIpc) is 2.05. The first kappa shape index (κ1) is 8.78. The molecule has 0 bridgehead atoms. The molecule has 1 heterocycles. The Bertz CT molecular complexity index is 266. The Balaban J connectivity index is 2.87. The fourth-order valence-corrected chi connectivity index (χ4v) is 1.00. The third-order valence-corrected chi connectivity index (χ3v) is 1.67. The molecule has 64 valence electrons. The fourth-order valence-electron chi connectivity index (χ4n) is 1.00. The van der Waals surface area contributed by atoms with Gasteiger partial charge in [0.2, 0.25) is 0 Å². The normalized spacial score (nSPS) is 9.50. The molecule has 0 saturated carbocycles. The largest absolute Gasteiger partial charge is 0.378 e. The second-order valence-corrected chi connectivity index (χ2v) is 2.89. The first-order valence-electron chi connectivity index (χ1n) is 3.97. The molecule has 0 unspecified atom stereocenters. The lowest BCUT2D eigenvalue weighted by Crippen LogP contribution is -2.09. The first-order chi connectivity index (χ1) is 5.74. The van der Waals surface area contributed by atoms with Gasteiger partial charge in [-0.3, -0.25) is 4.98 Å². The molecule has 0 radical (unpaired) electrons. The van der Waals surface area contributed by atoms with Gasteiger partial charge < -0.3 is 4.90 Å². The highest BCUT2D eigenvalue weighted by atomic mass is 15.1. The molecule has 0 spiro atoms. The molecule has 0 saturated heterocycles. The minimum absolute atomic E-state index is 0.835.